The van der Waals surface area contributed by atoms with Crippen LogP contribution in [0.3, 0.4) is 0 Å². The van der Waals surface area contributed by atoms with E-state index < -0.39 is 0 Å². The van der Waals surface area contributed by atoms with Crippen LogP contribution in [0.4, 0.5) is 0 Å². The Labute approximate surface area is 172 Å². The molecule has 3 N–H and O–H groups in total. The van der Waals surface area contributed by atoms with Crippen molar-refractivity contribution >= 4 is 43.5 Å². The van der Waals surface area contributed by atoms with Gasteiger partial charge in [0.15, 0.2) is 0 Å². The molecule has 0 aromatic heterocycles. The number of nitrogens with zero attached hydrogens (tertiary/aromatic N) is 1. The molecule has 1 aliphatic heterocycles. The van der Waals surface area contributed by atoms with E-state index >= 15 is 0 Å². The first-order chi connectivity index (χ1) is 7.41. The first kappa shape index (κ1) is 49.5. The number of hydrogen-bond donors (Lipinski definition) is 3. The van der Waals surface area contributed by atoms with Crippen molar-refractivity contribution in [2.24, 2.45) is 0 Å². The average molecular weight is 417 g/mol. The summed E-state index contributed by atoms with van der Waals surface area (Å²) in [7, 11) is 0. The number of rotatable bonds is 0. The fourth-order valence-corrected chi connectivity index (χ4v) is 1.16. The minimum Gasteiger partial charge on any atom is -0.660 e. The van der Waals surface area contributed by atoms with Crippen molar-refractivity contribution in [3.05, 3.63) is 27.6 Å². The summed E-state index contributed by atoms with van der Waals surface area (Å²) < 4.78 is 0. The summed E-state index contributed by atoms with van der Waals surface area (Å²) in [4.78, 5) is 8.68. The van der Waals surface area contributed by atoms with Crippen LogP contribution in [-0.4, -0.2) is 58.6 Å². The van der Waals surface area contributed by atoms with Crippen LogP contribution in [-0.2, 0) is 26.5 Å². The molecule has 0 aliphatic carbocycles. The molecule has 0 atom stereocenters. The van der Waals surface area contributed by atoms with E-state index in [4.69, 9.17) is 4.79 Å². The molecule has 0 bridgehead atoms. The Morgan fingerprint density at radius 1 is 0.727 bits per heavy atom. The molecule has 0 aromatic carbocycles. The van der Waals surface area contributed by atoms with Crippen molar-refractivity contribution in [3.8, 4) is 0 Å². The molecule has 0 radical (unpaired) electrons. The third kappa shape index (κ3) is 49.7. The zero-order valence-corrected chi connectivity index (χ0v) is 18.2. The third-order valence-corrected chi connectivity index (χ3v) is 1.85. The van der Waals surface area contributed by atoms with E-state index in [9.17, 15) is 0 Å². The van der Waals surface area contributed by atoms with E-state index in [0.29, 0.717) is 0 Å². The Bertz CT molecular complexity index is 109. The summed E-state index contributed by atoms with van der Waals surface area (Å²) >= 11 is 0. The normalized spacial score (nSPS) is 13.7. The van der Waals surface area contributed by atoms with Gasteiger partial charge in [-0.3, -0.25) is 6.29 Å². The molecule has 142 valence electrons. The molecular formula is C13H34Cl3N4OTi-5. The molecule has 1 aliphatic rings. The van der Waals surface area contributed by atoms with Gasteiger partial charge >= 0.3 is 0 Å². The van der Waals surface area contributed by atoms with E-state index in [2.05, 4.69) is 21.3 Å². The summed E-state index contributed by atoms with van der Waals surface area (Å²) in [6, 6.07) is 0. The molecule has 5 nitrogen and oxygen atoms in total. The predicted octanol–water partition coefficient (Wildman–Crippen LogP) is 1.87. The molecule has 0 saturated carbocycles. The van der Waals surface area contributed by atoms with Crippen molar-refractivity contribution in [1.82, 2.24) is 16.0 Å². The van der Waals surface area contributed by atoms with Gasteiger partial charge in [-0.05, 0) is 13.1 Å². The summed E-state index contributed by atoms with van der Waals surface area (Å²) in [6.45, 7) is 9.46. The first-order valence-corrected chi connectivity index (χ1v) is 5.46. The average Bonchev–Trinajstić information content (AvgIpc) is 2.19. The first-order valence-electron chi connectivity index (χ1n) is 5.46. The van der Waals surface area contributed by atoms with Gasteiger partial charge in [0.1, 0.15) is 0 Å². The summed E-state index contributed by atoms with van der Waals surface area (Å²) in [5, 5.41) is 14.4. The second kappa shape index (κ2) is 49.5. The van der Waals surface area contributed by atoms with Crippen LogP contribution >= 0.6 is 37.2 Å². The van der Waals surface area contributed by atoms with Crippen molar-refractivity contribution in [1.29, 1.82) is 0 Å². The smallest absolute Gasteiger partial charge is 0.00772 e. The van der Waals surface area contributed by atoms with Gasteiger partial charge in [0.05, 0.1) is 0 Å². The van der Waals surface area contributed by atoms with Gasteiger partial charge in [-0.2, -0.15) is 6.92 Å². The Morgan fingerprint density at radius 3 is 1.23 bits per heavy atom. The Hall–Kier alpha value is 1.09. The quantitative estimate of drug-likeness (QED) is 0.417. The zero-order valence-electron chi connectivity index (χ0n) is 14.2. The molecule has 0 spiro atoms. The number of carbonyl (C=O) groups excluding carboxylic acids is 1. The van der Waals surface area contributed by atoms with Gasteiger partial charge in [0.25, 0.3) is 0 Å². The standard InChI is InChI=1S/C8H19N4.C2H3O.3CH3.3ClH.Ti/c1-2-10-5-6-12-8-7-11-4-3-9-1;1-2-3;;;;;;;/h9-11H,1-8H2;1H3;3*1H3;3*1H;/q5*-1;;;;. The van der Waals surface area contributed by atoms with Gasteiger partial charge < -0.3 is 48.3 Å². The minimum absolute atomic E-state index is 0. The van der Waals surface area contributed by atoms with Crippen LogP contribution < -0.4 is 16.0 Å². The van der Waals surface area contributed by atoms with Crippen LogP contribution in [0.15, 0.2) is 0 Å². The molecule has 9 heteroatoms. The molecule has 1 fully saturated rings. The van der Waals surface area contributed by atoms with Crippen LogP contribution in [0.1, 0.15) is 6.92 Å². The molecular weight excluding hydrogens is 382 g/mol. The number of hydrogen-bond acceptors (Lipinski definition) is 4. The largest absolute Gasteiger partial charge is 0.660 e. The fourth-order valence-electron chi connectivity index (χ4n) is 1.16. The second-order valence-electron chi connectivity index (χ2n) is 3.12. The SMILES string of the molecule is C1CNCCNCCNCC[N-]1.C[C-]=O.Cl.Cl.Cl.[CH3-].[CH3-].[CH3-].[Ti]. The zero-order chi connectivity index (χ0) is 11.2. The molecule has 22 heavy (non-hydrogen) atoms. The van der Waals surface area contributed by atoms with E-state index in [1.165, 1.54) is 13.2 Å². The molecule has 0 amide bonds. The van der Waals surface area contributed by atoms with E-state index in [0.717, 1.165) is 52.4 Å². The van der Waals surface area contributed by atoms with Gasteiger partial charge in [0.2, 0.25) is 0 Å². The van der Waals surface area contributed by atoms with Gasteiger partial charge in [-0.25, -0.2) is 0 Å². The van der Waals surface area contributed by atoms with E-state index in [1.54, 1.807) is 0 Å². The van der Waals surface area contributed by atoms with Crippen LogP contribution in [0.25, 0.3) is 5.32 Å². The summed E-state index contributed by atoms with van der Waals surface area (Å²) in [5.41, 5.74) is 0. The van der Waals surface area contributed by atoms with Crippen LogP contribution in [0.2, 0.25) is 0 Å². The third-order valence-electron chi connectivity index (χ3n) is 1.85. The minimum atomic E-state index is 0. The second-order valence-corrected chi connectivity index (χ2v) is 3.12. The molecule has 1 saturated heterocycles. The summed E-state index contributed by atoms with van der Waals surface area (Å²) in [5.74, 6) is 0. The van der Waals surface area contributed by atoms with E-state index in [1.807, 2.05) is 0 Å². The van der Waals surface area contributed by atoms with Gasteiger partial charge in [0, 0.05) is 47.9 Å². The molecule has 0 aromatic rings. The predicted molar refractivity (Wildman–Crippen MR) is 104 cm³/mol. The number of halogens is 3. The van der Waals surface area contributed by atoms with Crippen molar-refractivity contribution in [3.63, 3.8) is 0 Å². The van der Waals surface area contributed by atoms with Crippen LogP contribution in [0, 0.1) is 22.3 Å². The van der Waals surface area contributed by atoms with Crippen molar-refractivity contribution < 1.29 is 26.5 Å². The van der Waals surface area contributed by atoms with E-state index in [-0.39, 0.29) is 81.2 Å². The van der Waals surface area contributed by atoms with Crippen molar-refractivity contribution in [2.45, 2.75) is 6.92 Å². The Morgan fingerprint density at radius 2 is 0.955 bits per heavy atom. The summed E-state index contributed by atoms with van der Waals surface area (Å²) in [6.07, 6.45) is 1.50. The molecule has 1 heterocycles. The Balaban J connectivity index is -0.0000000305. The Kier molecular flexibility index (Phi) is 111. The van der Waals surface area contributed by atoms with Gasteiger partial charge in [-0.1, -0.05) is 0 Å². The molecule has 1 rings (SSSR count). The van der Waals surface area contributed by atoms with Gasteiger partial charge in [-0.15, -0.1) is 50.3 Å². The fraction of sp³-hybridized carbons (Fsp3) is 0.692. The van der Waals surface area contributed by atoms with Crippen LogP contribution in [0.5, 0.6) is 0 Å². The maximum atomic E-state index is 8.68. The maximum Gasteiger partial charge on any atom is 0.00772 e. The monoisotopic (exact) mass is 415 g/mol. The number of nitrogens with one attached hydrogen (secondary N) is 3. The maximum absolute atomic E-state index is 8.68. The topological polar surface area (TPSA) is 67.3 Å². The molecule has 0 unspecified atom stereocenters. The van der Waals surface area contributed by atoms with Crippen molar-refractivity contribution in [2.75, 3.05) is 52.4 Å².